The van der Waals surface area contributed by atoms with E-state index in [1.165, 1.54) is 12.1 Å². The number of amides is 2. The third-order valence-corrected chi connectivity index (χ3v) is 6.44. The van der Waals surface area contributed by atoms with Gasteiger partial charge in [0.25, 0.3) is 5.91 Å². The summed E-state index contributed by atoms with van der Waals surface area (Å²) >= 11 is 0. The predicted molar refractivity (Wildman–Crippen MR) is 130 cm³/mol. The molecule has 0 unspecified atom stereocenters. The number of nitrogens with one attached hydrogen (secondary N) is 1. The molecule has 174 valence electrons. The van der Waals surface area contributed by atoms with Crippen LogP contribution in [0.3, 0.4) is 0 Å². The lowest BCUT2D eigenvalue weighted by molar-refractivity contribution is 0.0481. The van der Waals surface area contributed by atoms with Crippen LogP contribution in [0.2, 0.25) is 0 Å². The summed E-state index contributed by atoms with van der Waals surface area (Å²) in [5.74, 6) is 0.889. The first-order chi connectivity index (χ1) is 16.3. The number of hydrogen-bond donors (Lipinski definition) is 1. The zero-order chi connectivity index (χ0) is 24.2. The van der Waals surface area contributed by atoms with Crippen LogP contribution in [0.1, 0.15) is 27.0 Å². The Morgan fingerprint density at radius 3 is 1.97 bits per heavy atom. The van der Waals surface area contributed by atoms with Gasteiger partial charge < -0.3 is 19.3 Å². The summed E-state index contributed by atoms with van der Waals surface area (Å²) in [7, 11) is 9.10. The number of benzene rings is 3. The van der Waals surface area contributed by atoms with Gasteiger partial charge in [-0.1, -0.05) is 30.3 Å². The molecule has 0 atom stereocenters. The topological polar surface area (TPSA) is 74.3 Å². The number of rotatable bonds is 3. The molecule has 0 aromatic heterocycles. The lowest BCUT2D eigenvalue weighted by atomic mass is 9.75. The van der Waals surface area contributed by atoms with Gasteiger partial charge in [0.15, 0.2) is 0 Å². The number of hydrogen-bond acceptors (Lipinski definition) is 6. The van der Waals surface area contributed by atoms with E-state index in [9.17, 15) is 9.59 Å². The maximum absolute atomic E-state index is 13.7. The molecule has 0 bridgehead atoms. The van der Waals surface area contributed by atoms with Gasteiger partial charge in [-0.2, -0.15) is 0 Å². The first-order valence-corrected chi connectivity index (χ1v) is 10.9. The van der Waals surface area contributed by atoms with Crippen LogP contribution in [0.5, 0.6) is 11.5 Å². The molecule has 3 aromatic carbocycles. The summed E-state index contributed by atoms with van der Waals surface area (Å²) in [5, 5.41) is 1.37. The van der Waals surface area contributed by atoms with E-state index in [2.05, 4.69) is 5.43 Å². The largest absolute Gasteiger partial charge is 0.456 e. The maximum Gasteiger partial charge on any atom is 0.425 e. The number of fused-ring (bicyclic) bond motifs is 6. The average molecular weight is 459 g/mol. The van der Waals surface area contributed by atoms with Crippen LogP contribution in [0, 0.1) is 0 Å². The molecule has 0 saturated heterocycles. The molecule has 2 aliphatic rings. The Balaban J connectivity index is 1.87. The first-order valence-electron chi connectivity index (χ1n) is 10.9. The van der Waals surface area contributed by atoms with Gasteiger partial charge in [0.2, 0.25) is 0 Å². The van der Waals surface area contributed by atoms with E-state index in [1.54, 1.807) is 6.07 Å². The molecule has 8 heteroatoms. The molecule has 0 radical (unpaired) electrons. The second kappa shape index (κ2) is 7.69. The number of methoxy groups -OCH3 is 1. The minimum atomic E-state index is -1.14. The maximum atomic E-state index is 13.7. The molecule has 0 aliphatic carbocycles. The van der Waals surface area contributed by atoms with Crippen molar-refractivity contribution in [3.8, 4) is 11.5 Å². The van der Waals surface area contributed by atoms with Gasteiger partial charge in [0, 0.05) is 74.0 Å². The molecule has 5 rings (SSSR count). The van der Waals surface area contributed by atoms with Crippen molar-refractivity contribution < 1.29 is 19.1 Å². The minimum Gasteiger partial charge on any atom is -0.456 e. The minimum absolute atomic E-state index is 0.326. The Bertz CT molecular complexity index is 1260. The Kier molecular flexibility index (Phi) is 4.89. The monoisotopic (exact) mass is 458 g/mol. The molecule has 2 amide bonds. The lowest BCUT2D eigenvalue weighted by Gasteiger charge is -2.43. The number of nitrogens with zero attached hydrogens (tertiary/aromatic N) is 3. The highest BCUT2D eigenvalue weighted by molar-refractivity contribution is 6.03. The lowest BCUT2D eigenvalue weighted by Crippen LogP contribution is -2.56. The third kappa shape index (κ3) is 2.91. The molecule has 2 heterocycles. The SMILES string of the molecule is COC(=O)NN1C(=O)c2ccccc2C12c1ccc(N(C)C)cc1Oc1cc(N(C)C)ccc12. The van der Waals surface area contributed by atoms with Gasteiger partial charge in [-0.3, -0.25) is 4.79 Å². The van der Waals surface area contributed by atoms with Gasteiger partial charge in [0.1, 0.15) is 17.0 Å². The summed E-state index contributed by atoms with van der Waals surface area (Å²) in [6.45, 7) is 0. The quantitative estimate of drug-likeness (QED) is 0.641. The molecule has 34 heavy (non-hydrogen) atoms. The molecule has 1 spiro atoms. The third-order valence-electron chi connectivity index (χ3n) is 6.44. The Hall–Kier alpha value is -4.20. The highest BCUT2D eigenvalue weighted by atomic mass is 16.5. The molecular formula is C26H26N4O4. The number of carbonyl (C=O) groups is 2. The van der Waals surface area contributed by atoms with Crippen molar-refractivity contribution in [2.75, 3.05) is 45.1 Å². The van der Waals surface area contributed by atoms with Crippen molar-refractivity contribution in [3.63, 3.8) is 0 Å². The van der Waals surface area contributed by atoms with E-state index >= 15 is 0 Å². The normalized spacial score (nSPS) is 14.6. The molecule has 0 fully saturated rings. The van der Waals surface area contributed by atoms with Gasteiger partial charge in [-0.15, -0.1) is 0 Å². The van der Waals surface area contributed by atoms with Gasteiger partial charge in [-0.25, -0.2) is 15.2 Å². The predicted octanol–water partition coefficient (Wildman–Crippen LogP) is 3.94. The van der Waals surface area contributed by atoms with E-state index in [4.69, 9.17) is 9.47 Å². The number of ether oxygens (including phenoxy) is 2. The van der Waals surface area contributed by atoms with Crippen LogP contribution >= 0.6 is 0 Å². The van der Waals surface area contributed by atoms with Gasteiger partial charge >= 0.3 is 6.09 Å². The zero-order valence-corrected chi connectivity index (χ0v) is 19.7. The van der Waals surface area contributed by atoms with Crippen molar-refractivity contribution in [2.45, 2.75) is 5.54 Å². The molecule has 8 nitrogen and oxygen atoms in total. The average Bonchev–Trinajstić information content (AvgIpc) is 3.07. The summed E-state index contributed by atoms with van der Waals surface area (Å²) in [6, 6.07) is 19.2. The zero-order valence-electron chi connectivity index (χ0n) is 19.7. The van der Waals surface area contributed by atoms with E-state index in [0.29, 0.717) is 17.1 Å². The number of anilines is 2. The van der Waals surface area contributed by atoms with E-state index < -0.39 is 11.6 Å². The first kappa shape index (κ1) is 21.6. The van der Waals surface area contributed by atoms with Crippen LogP contribution < -0.4 is 20.0 Å². The molecule has 2 aliphatic heterocycles. The molecular weight excluding hydrogens is 432 g/mol. The van der Waals surface area contributed by atoms with Crippen LogP contribution in [0.15, 0.2) is 60.7 Å². The van der Waals surface area contributed by atoms with Crippen molar-refractivity contribution in [2.24, 2.45) is 0 Å². The van der Waals surface area contributed by atoms with E-state index in [-0.39, 0.29) is 5.91 Å². The molecule has 3 aromatic rings. The van der Waals surface area contributed by atoms with E-state index in [1.807, 2.05) is 92.6 Å². The van der Waals surface area contributed by atoms with Crippen LogP contribution in [-0.4, -0.2) is 52.3 Å². The van der Waals surface area contributed by atoms with Crippen molar-refractivity contribution in [3.05, 3.63) is 82.9 Å². The van der Waals surface area contributed by atoms with Crippen LogP contribution in [0.25, 0.3) is 0 Å². The fourth-order valence-corrected chi connectivity index (χ4v) is 4.79. The molecule has 0 saturated carbocycles. The van der Waals surface area contributed by atoms with Crippen LogP contribution in [0.4, 0.5) is 16.2 Å². The Morgan fingerprint density at radius 2 is 1.44 bits per heavy atom. The fourth-order valence-electron chi connectivity index (χ4n) is 4.79. The second-order valence-corrected chi connectivity index (χ2v) is 8.75. The summed E-state index contributed by atoms with van der Waals surface area (Å²) in [5.41, 5.74) is 6.21. The highest BCUT2D eigenvalue weighted by Crippen LogP contribution is 2.57. The standard InChI is InChI=1S/C26H26N4O4/c1-28(2)16-10-12-20-22(14-16)34-23-15-17(29(3)4)11-13-21(23)26(20)19-9-7-6-8-18(19)24(31)30(26)27-25(32)33-5/h6-15H,1-5H3,(H,27,32). The fraction of sp³-hybridized carbons (Fsp3) is 0.231. The second-order valence-electron chi connectivity index (χ2n) is 8.75. The Morgan fingerprint density at radius 1 is 0.882 bits per heavy atom. The number of hydrazine groups is 1. The summed E-state index contributed by atoms with van der Waals surface area (Å²) in [6.07, 6.45) is -0.732. The van der Waals surface area contributed by atoms with Crippen LogP contribution in [-0.2, 0) is 10.3 Å². The highest BCUT2D eigenvalue weighted by Gasteiger charge is 2.57. The summed E-state index contributed by atoms with van der Waals surface area (Å²) in [4.78, 5) is 30.1. The molecule has 1 N–H and O–H groups in total. The van der Waals surface area contributed by atoms with Crippen molar-refractivity contribution in [1.29, 1.82) is 0 Å². The Labute approximate surface area is 198 Å². The summed E-state index contributed by atoms with van der Waals surface area (Å²) < 4.78 is 11.3. The smallest absolute Gasteiger partial charge is 0.425 e. The van der Waals surface area contributed by atoms with Crippen molar-refractivity contribution >= 4 is 23.4 Å². The van der Waals surface area contributed by atoms with Gasteiger partial charge in [-0.05, 0) is 18.2 Å². The van der Waals surface area contributed by atoms with Crippen molar-refractivity contribution in [1.82, 2.24) is 10.4 Å². The van der Waals surface area contributed by atoms with Gasteiger partial charge in [0.05, 0.1) is 7.11 Å². The van der Waals surface area contributed by atoms with E-state index in [0.717, 1.165) is 28.1 Å². The number of carbonyl (C=O) groups excluding carboxylic acids is 2.